The monoisotopic (exact) mass is 320 g/mol. The molecule has 0 heterocycles. The lowest BCUT2D eigenvalue weighted by atomic mass is 10.1. The Labute approximate surface area is 135 Å². The summed E-state index contributed by atoms with van der Waals surface area (Å²) < 4.78 is 5.23. The lowest BCUT2D eigenvalue weighted by molar-refractivity contribution is 0.413. The Morgan fingerprint density at radius 1 is 1.19 bits per heavy atom. The molecule has 0 aliphatic carbocycles. The van der Waals surface area contributed by atoms with E-state index in [9.17, 15) is 0 Å². The van der Waals surface area contributed by atoms with Crippen molar-refractivity contribution in [3.63, 3.8) is 0 Å². The molecule has 0 spiro atoms. The van der Waals surface area contributed by atoms with Gasteiger partial charge in [0.15, 0.2) is 5.11 Å². The van der Waals surface area contributed by atoms with Crippen LogP contribution in [0.1, 0.15) is 18.5 Å². The molecule has 0 radical (unpaired) electrons. The molecule has 110 valence electrons. The number of thiocarbonyl (C=S) groups is 1. The van der Waals surface area contributed by atoms with E-state index in [-0.39, 0.29) is 6.04 Å². The first-order valence-electron chi connectivity index (χ1n) is 6.56. The summed E-state index contributed by atoms with van der Waals surface area (Å²) in [6, 6.07) is 15.4. The topological polar surface area (TPSA) is 33.3 Å². The first kappa shape index (κ1) is 15.6. The van der Waals surface area contributed by atoms with Gasteiger partial charge in [0.25, 0.3) is 0 Å². The highest BCUT2D eigenvalue weighted by atomic mass is 35.5. The Morgan fingerprint density at radius 3 is 2.67 bits per heavy atom. The van der Waals surface area contributed by atoms with Gasteiger partial charge in [-0.05, 0) is 49.0 Å². The molecule has 2 rings (SSSR count). The number of halogens is 1. The molecule has 0 amide bonds. The number of anilines is 1. The van der Waals surface area contributed by atoms with Gasteiger partial charge in [0.05, 0.1) is 23.9 Å². The van der Waals surface area contributed by atoms with Crippen molar-refractivity contribution >= 4 is 34.6 Å². The Morgan fingerprint density at radius 2 is 1.95 bits per heavy atom. The molecule has 0 aliphatic heterocycles. The molecule has 2 N–H and O–H groups in total. The molecule has 0 fully saturated rings. The number of rotatable bonds is 4. The summed E-state index contributed by atoms with van der Waals surface area (Å²) >= 11 is 11.4. The zero-order valence-corrected chi connectivity index (χ0v) is 13.5. The maximum absolute atomic E-state index is 6.10. The highest BCUT2D eigenvalue weighted by molar-refractivity contribution is 7.80. The van der Waals surface area contributed by atoms with E-state index >= 15 is 0 Å². The summed E-state index contributed by atoms with van der Waals surface area (Å²) in [6.07, 6.45) is 0. The lowest BCUT2D eigenvalue weighted by Crippen LogP contribution is -2.31. The van der Waals surface area contributed by atoms with Crippen LogP contribution >= 0.6 is 23.8 Å². The molecule has 3 nitrogen and oxygen atoms in total. The third kappa shape index (κ3) is 4.34. The van der Waals surface area contributed by atoms with Crippen LogP contribution in [0.4, 0.5) is 5.69 Å². The fraction of sp³-hybridized carbons (Fsp3) is 0.188. The maximum Gasteiger partial charge on any atom is 0.171 e. The summed E-state index contributed by atoms with van der Waals surface area (Å²) in [5.41, 5.74) is 1.88. The van der Waals surface area contributed by atoms with Gasteiger partial charge in [0, 0.05) is 0 Å². The summed E-state index contributed by atoms with van der Waals surface area (Å²) in [5.74, 6) is 0.825. The van der Waals surface area contributed by atoms with Crippen molar-refractivity contribution in [3.8, 4) is 5.75 Å². The highest BCUT2D eigenvalue weighted by Crippen LogP contribution is 2.21. The lowest BCUT2D eigenvalue weighted by Gasteiger charge is -2.18. The Balaban J connectivity index is 2.00. The van der Waals surface area contributed by atoms with Gasteiger partial charge in [0.2, 0.25) is 0 Å². The van der Waals surface area contributed by atoms with E-state index < -0.39 is 0 Å². The van der Waals surface area contributed by atoms with Crippen molar-refractivity contribution in [2.75, 3.05) is 12.4 Å². The first-order chi connectivity index (χ1) is 10.1. The zero-order valence-electron chi connectivity index (χ0n) is 11.9. The minimum absolute atomic E-state index is 0.0580. The van der Waals surface area contributed by atoms with Crippen molar-refractivity contribution in [2.45, 2.75) is 13.0 Å². The second-order valence-electron chi connectivity index (χ2n) is 4.58. The Hall–Kier alpha value is -1.78. The molecule has 1 unspecified atom stereocenters. The van der Waals surface area contributed by atoms with E-state index in [2.05, 4.69) is 10.6 Å². The van der Waals surface area contributed by atoms with E-state index in [1.807, 2.05) is 55.5 Å². The third-order valence-electron chi connectivity index (χ3n) is 3.06. The van der Waals surface area contributed by atoms with Crippen LogP contribution in [0.25, 0.3) is 0 Å². The summed E-state index contributed by atoms with van der Waals surface area (Å²) in [7, 11) is 1.65. The Kier molecular flexibility index (Phi) is 5.42. The maximum atomic E-state index is 6.10. The smallest absolute Gasteiger partial charge is 0.171 e. The number of methoxy groups -OCH3 is 1. The van der Waals surface area contributed by atoms with Crippen LogP contribution in [0.15, 0.2) is 48.5 Å². The number of para-hydroxylation sites is 1. The second kappa shape index (κ2) is 7.29. The normalized spacial score (nSPS) is 11.6. The minimum atomic E-state index is 0.0580. The van der Waals surface area contributed by atoms with Gasteiger partial charge in [-0.2, -0.15) is 0 Å². The van der Waals surface area contributed by atoms with Gasteiger partial charge in [0.1, 0.15) is 5.75 Å². The van der Waals surface area contributed by atoms with E-state index in [0.717, 1.165) is 17.0 Å². The largest absolute Gasteiger partial charge is 0.497 e. The van der Waals surface area contributed by atoms with E-state index in [0.29, 0.717) is 10.1 Å². The molecule has 0 aromatic heterocycles. The van der Waals surface area contributed by atoms with Crippen LogP contribution in [0.5, 0.6) is 5.75 Å². The summed E-state index contributed by atoms with van der Waals surface area (Å²) in [4.78, 5) is 0. The first-order valence-corrected chi connectivity index (χ1v) is 7.35. The SMILES string of the molecule is COc1cccc(C(C)NC(=S)Nc2ccccc2Cl)c1. The molecule has 0 saturated carbocycles. The highest BCUT2D eigenvalue weighted by Gasteiger charge is 2.09. The van der Waals surface area contributed by atoms with Crippen molar-refractivity contribution in [1.29, 1.82) is 0 Å². The molecule has 5 heteroatoms. The number of benzene rings is 2. The van der Waals surface area contributed by atoms with Crippen molar-refractivity contribution in [2.24, 2.45) is 0 Å². The summed E-state index contributed by atoms with van der Waals surface area (Å²) in [6.45, 7) is 2.04. The molecular weight excluding hydrogens is 304 g/mol. The number of hydrogen-bond acceptors (Lipinski definition) is 2. The van der Waals surface area contributed by atoms with Gasteiger partial charge < -0.3 is 15.4 Å². The molecule has 2 aromatic carbocycles. The second-order valence-corrected chi connectivity index (χ2v) is 5.39. The minimum Gasteiger partial charge on any atom is -0.497 e. The van der Waals surface area contributed by atoms with Crippen molar-refractivity contribution < 1.29 is 4.74 Å². The van der Waals surface area contributed by atoms with Crippen LogP contribution in [-0.4, -0.2) is 12.2 Å². The van der Waals surface area contributed by atoms with Gasteiger partial charge in [-0.25, -0.2) is 0 Å². The van der Waals surface area contributed by atoms with Crippen LogP contribution in [0.3, 0.4) is 0 Å². The molecule has 21 heavy (non-hydrogen) atoms. The average molecular weight is 321 g/mol. The van der Waals surface area contributed by atoms with E-state index in [4.69, 9.17) is 28.6 Å². The number of ether oxygens (including phenoxy) is 1. The fourth-order valence-electron chi connectivity index (χ4n) is 1.91. The molecule has 1 atom stereocenters. The van der Waals surface area contributed by atoms with Crippen LogP contribution in [-0.2, 0) is 0 Å². The van der Waals surface area contributed by atoms with E-state index in [1.165, 1.54) is 0 Å². The molecule has 2 aromatic rings. The number of nitrogens with one attached hydrogen (secondary N) is 2. The van der Waals surface area contributed by atoms with Crippen LogP contribution in [0.2, 0.25) is 5.02 Å². The zero-order chi connectivity index (χ0) is 15.2. The predicted molar refractivity (Wildman–Crippen MR) is 92.2 cm³/mol. The van der Waals surface area contributed by atoms with E-state index in [1.54, 1.807) is 7.11 Å². The Bertz CT molecular complexity index is 633. The predicted octanol–water partition coefficient (Wildman–Crippen LogP) is 4.40. The molecule has 0 bridgehead atoms. The van der Waals surface area contributed by atoms with Crippen LogP contribution in [0, 0.1) is 0 Å². The molecular formula is C16H17ClN2OS. The van der Waals surface area contributed by atoms with Gasteiger partial charge in [-0.15, -0.1) is 0 Å². The van der Waals surface area contributed by atoms with Crippen molar-refractivity contribution in [1.82, 2.24) is 5.32 Å². The summed E-state index contributed by atoms with van der Waals surface area (Å²) in [5, 5.41) is 7.49. The van der Waals surface area contributed by atoms with Crippen molar-refractivity contribution in [3.05, 3.63) is 59.1 Å². The number of hydrogen-bond donors (Lipinski definition) is 2. The third-order valence-corrected chi connectivity index (χ3v) is 3.61. The quantitative estimate of drug-likeness (QED) is 0.818. The van der Waals surface area contributed by atoms with Gasteiger partial charge in [-0.3, -0.25) is 0 Å². The van der Waals surface area contributed by atoms with Crippen LogP contribution < -0.4 is 15.4 Å². The fourth-order valence-corrected chi connectivity index (χ4v) is 2.38. The molecule has 0 aliphatic rings. The van der Waals surface area contributed by atoms with Gasteiger partial charge in [-0.1, -0.05) is 35.9 Å². The molecule has 0 saturated heterocycles. The standard InChI is InChI=1S/C16H17ClN2OS/c1-11(12-6-5-7-13(10-12)20-2)18-16(21)19-15-9-4-3-8-14(15)17/h3-11H,1-2H3,(H2,18,19,21). The average Bonchev–Trinajstić information content (AvgIpc) is 2.49. The van der Waals surface area contributed by atoms with Gasteiger partial charge >= 0.3 is 0 Å².